The third kappa shape index (κ3) is 3.93. The average Bonchev–Trinajstić information content (AvgIpc) is 2.43. The molecule has 5 heteroatoms. The third-order valence-corrected chi connectivity index (χ3v) is 4.42. The van der Waals surface area contributed by atoms with Crippen LogP contribution in [0.5, 0.6) is 5.75 Å². The molecular weight excluding hydrogens is 268 g/mol. The molecule has 0 spiro atoms. The Morgan fingerprint density at radius 3 is 2.90 bits per heavy atom. The van der Waals surface area contributed by atoms with Crippen LogP contribution < -0.4 is 5.32 Å². The normalized spacial score (nSPS) is 26.0. The second kappa shape index (κ2) is 6.73. The predicted molar refractivity (Wildman–Crippen MR) is 80.9 cm³/mol. The number of aryl methyl sites for hydroxylation is 1. The van der Waals surface area contributed by atoms with Crippen LogP contribution in [0.3, 0.4) is 0 Å². The number of nitrogens with zero attached hydrogens (tertiary/aromatic N) is 1. The summed E-state index contributed by atoms with van der Waals surface area (Å²) in [5.41, 5.74) is 1.18. The Hall–Kier alpha value is -1.17. The molecule has 1 aromatic rings. The summed E-state index contributed by atoms with van der Waals surface area (Å²) in [6.45, 7) is 4.67. The second-order valence-corrected chi connectivity index (χ2v) is 6.38. The van der Waals surface area contributed by atoms with Crippen LogP contribution in [0.4, 0.5) is 0 Å². The Balaban J connectivity index is 1.99. The van der Waals surface area contributed by atoms with Crippen LogP contribution >= 0.6 is 0 Å². The molecule has 2 atom stereocenters. The van der Waals surface area contributed by atoms with Crippen molar-refractivity contribution in [2.75, 3.05) is 6.54 Å². The lowest BCUT2D eigenvalue weighted by atomic mass is 9.79. The van der Waals surface area contributed by atoms with Crippen LogP contribution in [-0.2, 0) is 13.2 Å². The van der Waals surface area contributed by atoms with Crippen LogP contribution in [-0.4, -0.2) is 32.4 Å². The molecule has 1 aromatic heterocycles. The molecule has 1 aliphatic carbocycles. The van der Waals surface area contributed by atoms with E-state index in [4.69, 9.17) is 0 Å². The van der Waals surface area contributed by atoms with Crippen molar-refractivity contribution >= 4 is 0 Å². The van der Waals surface area contributed by atoms with E-state index in [1.807, 2.05) is 0 Å². The number of pyridine rings is 1. The first-order valence-corrected chi connectivity index (χ1v) is 7.65. The maximum Gasteiger partial charge on any atom is 0.141 e. The molecule has 0 amide bonds. The molecule has 1 fully saturated rings. The highest BCUT2D eigenvalue weighted by Gasteiger charge is 2.32. The Labute approximate surface area is 126 Å². The van der Waals surface area contributed by atoms with Crippen molar-refractivity contribution in [3.8, 4) is 5.75 Å². The smallest absolute Gasteiger partial charge is 0.141 e. The van der Waals surface area contributed by atoms with Gasteiger partial charge >= 0.3 is 0 Å². The first-order valence-electron chi connectivity index (χ1n) is 7.65. The number of aromatic nitrogens is 1. The van der Waals surface area contributed by atoms with Gasteiger partial charge in [0.1, 0.15) is 5.75 Å². The van der Waals surface area contributed by atoms with Gasteiger partial charge in [-0.15, -0.1) is 0 Å². The highest BCUT2D eigenvalue weighted by atomic mass is 16.3. The maximum absolute atomic E-state index is 10.6. The van der Waals surface area contributed by atoms with Crippen molar-refractivity contribution in [2.24, 2.45) is 5.92 Å². The zero-order valence-corrected chi connectivity index (χ0v) is 12.9. The summed E-state index contributed by atoms with van der Waals surface area (Å²) in [7, 11) is 0. The molecule has 0 aromatic carbocycles. The van der Waals surface area contributed by atoms with Crippen molar-refractivity contribution < 1.29 is 15.3 Å². The van der Waals surface area contributed by atoms with E-state index in [-0.39, 0.29) is 12.4 Å². The van der Waals surface area contributed by atoms with E-state index in [1.54, 1.807) is 13.1 Å². The van der Waals surface area contributed by atoms with Gasteiger partial charge in [-0.1, -0.05) is 19.8 Å². The van der Waals surface area contributed by atoms with E-state index in [2.05, 4.69) is 17.2 Å². The molecule has 2 rings (SSSR count). The topological polar surface area (TPSA) is 85.6 Å². The fourth-order valence-electron chi connectivity index (χ4n) is 3.23. The van der Waals surface area contributed by atoms with E-state index >= 15 is 0 Å². The van der Waals surface area contributed by atoms with Gasteiger partial charge in [-0.2, -0.15) is 0 Å². The Morgan fingerprint density at radius 1 is 1.48 bits per heavy atom. The van der Waals surface area contributed by atoms with E-state index in [0.29, 0.717) is 35.8 Å². The number of hydrogen-bond donors (Lipinski definition) is 4. The van der Waals surface area contributed by atoms with E-state index in [0.717, 1.165) is 19.3 Å². The van der Waals surface area contributed by atoms with Gasteiger partial charge < -0.3 is 20.6 Å². The van der Waals surface area contributed by atoms with Crippen LogP contribution in [0.2, 0.25) is 0 Å². The van der Waals surface area contributed by atoms with Crippen molar-refractivity contribution in [2.45, 2.75) is 58.3 Å². The van der Waals surface area contributed by atoms with Crippen molar-refractivity contribution in [3.05, 3.63) is 23.0 Å². The minimum Gasteiger partial charge on any atom is -0.506 e. The lowest BCUT2D eigenvalue weighted by Gasteiger charge is -2.35. The number of aromatic hydroxyl groups is 1. The van der Waals surface area contributed by atoms with Gasteiger partial charge in [0.05, 0.1) is 17.9 Å². The highest BCUT2D eigenvalue weighted by molar-refractivity contribution is 5.40. The van der Waals surface area contributed by atoms with E-state index in [1.165, 1.54) is 6.42 Å². The zero-order chi connectivity index (χ0) is 15.5. The van der Waals surface area contributed by atoms with Crippen molar-refractivity contribution in [1.82, 2.24) is 10.3 Å². The molecule has 4 N–H and O–H groups in total. The lowest BCUT2D eigenvalue weighted by molar-refractivity contribution is -0.0119. The van der Waals surface area contributed by atoms with Gasteiger partial charge in [0.2, 0.25) is 0 Å². The Morgan fingerprint density at radius 2 is 2.24 bits per heavy atom. The molecular formula is C16H26N2O3. The molecule has 5 nitrogen and oxygen atoms in total. The first kappa shape index (κ1) is 16.2. The summed E-state index contributed by atoms with van der Waals surface area (Å²) in [5, 5.41) is 33.2. The lowest BCUT2D eigenvalue weighted by Crippen LogP contribution is -2.43. The largest absolute Gasteiger partial charge is 0.506 e. The summed E-state index contributed by atoms with van der Waals surface area (Å²) in [4.78, 5) is 4.04. The van der Waals surface area contributed by atoms with Gasteiger partial charge in [0.15, 0.2) is 0 Å². The van der Waals surface area contributed by atoms with Gasteiger partial charge in [-0.25, -0.2) is 0 Å². The molecule has 0 aliphatic heterocycles. The maximum atomic E-state index is 10.6. The minimum atomic E-state index is -0.658. The molecule has 2 unspecified atom stereocenters. The van der Waals surface area contributed by atoms with E-state index in [9.17, 15) is 15.3 Å². The standard InChI is InChI=1S/C16H26N2O3/c1-11-4-3-5-16(21,6-11)10-17-8-14-13(9-19)7-18-12(2)15(14)20/h7,11,17,19-21H,3-6,8-10H2,1-2H3. The van der Waals surface area contributed by atoms with Gasteiger partial charge in [-0.3, -0.25) is 4.98 Å². The van der Waals surface area contributed by atoms with Crippen molar-refractivity contribution in [1.29, 1.82) is 0 Å². The first-order chi connectivity index (χ1) is 9.95. The molecule has 1 heterocycles. The van der Waals surface area contributed by atoms with E-state index < -0.39 is 5.60 Å². The molecule has 1 saturated carbocycles. The number of nitrogens with one attached hydrogen (secondary N) is 1. The summed E-state index contributed by atoms with van der Waals surface area (Å²) in [5.74, 6) is 0.674. The van der Waals surface area contributed by atoms with Crippen LogP contribution in [0.15, 0.2) is 6.20 Å². The number of hydrogen-bond acceptors (Lipinski definition) is 5. The van der Waals surface area contributed by atoms with Gasteiger partial charge in [-0.05, 0) is 25.7 Å². The summed E-state index contributed by atoms with van der Waals surface area (Å²) in [6, 6.07) is 0. The molecule has 21 heavy (non-hydrogen) atoms. The molecule has 0 bridgehead atoms. The highest BCUT2D eigenvalue weighted by Crippen LogP contribution is 2.32. The molecule has 0 saturated heterocycles. The monoisotopic (exact) mass is 294 g/mol. The second-order valence-electron chi connectivity index (χ2n) is 6.38. The predicted octanol–water partition coefficient (Wildman–Crippen LogP) is 1.62. The average molecular weight is 294 g/mol. The van der Waals surface area contributed by atoms with Crippen LogP contribution in [0.25, 0.3) is 0 Å². The minimum absolute atomic E-state index is 0.123. The fraction of sp³-hybridized carbons (Fsp3) is 0.688. The van der Waals surface area contributed by atoms with Gasteiger partial charge in [0.25, 0.3) is 0 Å². The molecule has 0 radical (unpaired) electrons. The zero-order valence-electron chi connectivity index (χ0n) is 12.9. The van der Waals surface area contributed by atoms with Crippen molar-refractivity contribution in [3.63, 3.8) is 0 Å². The van der Waals surface area contributed by atoms with Crippen LogP contribution in [0.1, 0.15) is 49.4 Å². The third-order valence-electron chi connectivity index (χ3n) is 4.42. The molecule has 1 aliphatic rings. The summed E-state index contributed by atoms with van der Waals surface area (Å²) >= 11 is 0. The number of rotatable bonds is 5. The Kier molecular flexibility index (Phi) is 5.19. The van der Waals surface area contributed by atoms with Crippen LogP contribution in [0, 0.1) is 12.8 Å². The number of aliphatic hydroxyl groups is 2. The quantitative estimate of drug-likeness (QED) is 0.663. The SMILES string of the molecule is Cc1ncc(CO)c(CNCC2(O)CCCC(C)C2)c1O. The summed E-state index contributed by atoms with van der Waals surface area (Å²) < 4.78 is 0. The summed E-state index contributed by atoms with van der Waals surface area (Å²) in [6.07, 6.45) is 5.46. The van der Waals surface area contributed by atoms with Gasteiger partial charge in [0, 0.05) is 30.4 Å². The number of aliphatic hydroxyl groups excluding tert-OH is 1. The fourth-order valence-corrected chi connectivity index (χ4v) is 3.23. The molecule has 118 valence electrons. The Bertz CT molecular complexity index is 493.